The van der Waals surface area contributed by atoms with Crippen LogP contribution in [-0.2, 0) is 64.1 Å². The zero-order valence-electron chi connectivity index (χ0n) is 44.4. The molecule has 0 radical (unpaired) electrons. The molecule has 0 aliphatic carbocycles. The third-order valence-corrected chi connectivity index (χ3v) is 13.1. The molecule has 0 unspecified atom stereocenters. The highest BCUT2D eigenvalue weighted by molar-refractivity contribution is 9.10. The molecule has 0 atom stereocenters. The molecule has 0 spiro atoms. The molecule has 16 nitrogen and oxygen atoms in total. The molecule has 0 aliphatic rings. The van der Waals surface area contributed by atoms with Gasteiger partial charge in [-0.1, -0.05) is 66.7 Å². The van der Waals surface area contributed by atoms with Crippen LogP contribution in [0.5, 0.6) is 0 Å². The smallest absolute Gasteiger partial charge is 0.335 e. The van der Waals surface area contributed by atoms with Crippen molar-refractivity contribution in [1.82, 2.24) is 44.3 Å². The molecule has 4 N–H and O–H groups in total. The van der Waals surface area contributed by atoms with Crippen molar-refractivity contribution in [2.45, 2.75) is 117 Å². The molecule has 0 saturated carbocycles. The van der Waals surface area contributed by atoms with Crippen LogP contribution in [0.3, 0.4) is 0 Å². The summed E-state index contributed by atoms with van der Waals surface area (Å²) in [7, 11) is 0. The Labute approximate surface area is 466 Å². The SMILES string of the molecule is CC(F)(F)c1ccc(Cn2cnnc2CCCCc2cc(C(=O)O)cc(CO)n2)cc1.Cc1cc(C(=O)O)cc(CCCCc2ncccc2Br)n1.Cc1cc(C(=O)O)cc(CCCc2nccn2C/C=C/c2ccccc2)n1. The van der Waals surface area contributed by atoms with Gasteiger partial charge in [0.15, 0.2) is 0 Å². The maximum Gasteiger partial charge on any atom is 0.335 e. The van der Waals surface area contributed by atoms with Gasteiger partial charge in [0.05, 0.1) is 41.2 Å². The summed E-state index contributed by atoms with van der Waals surface area (Å²) in [5.74, 6) is -3.92. The van der Waals surface area contributed by atoms with Crippen molar-refractivity contribution in [3.8, 4) is 0 Å². The monoisotopic (exact) mass is 1140 g/mol. The van der Waals surface area contributed by atoms with Crippen molar-refractivity contribution in [1.29, 1.82) is 0 Å². The van der Waals surface area contributed by atoms with Crippen LogP contribution in [0.2, 0.25) is 0 Å². The van der Waals surface area contributed by atoms with Crippen molar-refractivity contribution in [3.05, 3.63) is 223 Å². The Balaban J connectivity index is 0.000000195. The van der Waals surface area contributed by atoms with Crippen LogP contribution in [0, 0.1) is 13.8 Å². The number of carboxylic acids is 3. The number of aliphatic hydroxyl groups excluding tert-OH is 1. The summed E-state index contributed by atoms with van der Waals surface area (Å²) in [6.45, 7) is 5.46. The largest absolute Gasteiger partial charge is 0.478 e. The van der Waals surface area contributed by atoms with Crippen molar-refractivity contribution >= 4 is 39.9 Å². The number of aromatic carboxylic acids is 3. The molecule has 8 rings (SSSR count). The highest BCUT2D eigenvalue weighted by Crippen LogP contribution is 2.27. The van der Waals surface area contributed by atoms with Gasteiger partial charge in [0, 0.05) is 83.4 Å². The molecule has 6 heterocycles. The van der Waals surface area contributed by atoms with Gasteiger partial charge in [0.25, 0.3) is 5.92 Å². The first kappa shape index (κ1) is 60.1. The van der Waals surface area contributed by atoms with Gasteiger partial charge in [0.2, 0.25) is 0 Å². The molecular formula is C60H64BrF2N9O7. The van der Waals surface area contributed by atoms with E-state index in [2.05, 4.69) is 79.9 Å². The number of benzene rings is 2. The molecule has 412 valence electrons. The van der Waals surface area contributed by atoms with Crippen LogP contribution in [-0.4, -0.2) is 82.6 Å². The summed E-state index contributed by atoms with van der Waals surface area (Å²) in [5.41, 5.74) is 7.90. The Kier molecular flexibility index (Phi) is 22.9. The number of alkyl halides is 2. The van der Waals surface area contributed by atoms with Crippen molar-refractivity contribution in [3.63, 3.8) is 0 Å². The molecular weight excluding hydrogens is 1080 g/mol. The molecule has 79 heavy (non-hydrogen) atoms. The number of carboxylic acid groups (broad SMARTS) is 3. The number of pyridine rings is 4. The molecule has 0 amide bonds. The van der Waals surface area contributed by atoms with Gasteiger partial charge in [-0.15, -0.1) is 10.2 Å². The Hall–Kier alpha value is -8.16. The number of nitrogens with zero attached hydrogens (tertiary/aromatic N) is 9. The molecule has 0 bridgehead atoms. The van der Waals surface area contributed by atoms with E-state index in [0.29, 0.717) is 41.9 Å². The summed E-state index contributed by atoms with van der Waals surface area (Å²) >= 11 is 3.49. The Morgan fingerprint density at radius 2 is 1.18 bits per heavy atom. The lowest BCUT2D eigenvalue weighted by Crippen LogP contribution is -2.08. The predicted molar refractivity (Wildman–Crippen MR) is 299 cm³/mol. The lowest BCUT2D eigenvalue weighted by atomic mass is 10.1. The van der Waals surface area contributed by atoms with Crippen LogP contribution in [0.25, 0.3) is 6.08 Å². The van der Waals surface area contributed by atoms with E-state index in [1.807, 2.05) is 61.1 Å². The summed E-state index contributed by atoms with van der Waals surface area (Å²) < 4.78 is 31.8. The van der Waals surface area contributed by atoms with Crippen LogP contribution in [0.1, 0.15) is 138 Å². The maximum atomic E-state index is 13.4. The van der Waals surface area contributed by atoms with Gasteiger partial charge in [-0.05, 0) is 147 Å². The Morgan fingerprint density at radius 1 is 0.620 bits per heavy atom. The Morgan fingerprint density at radius 3 is 1.77 bits per heavy atom. The fourth-order valence-corrected chi connectivity index (χ4v) is 8.94. The zero-order valence-corrected chi connectivity index (χ0v) is 45.9. The van der Waals surface area contributed by atoms with E-state index in [9.17, 15) is 28.3 Å². The minimum Gasteiger partial charge on any atom is -0.478 e. The van der Waals surface area contributed by atoms with E-state index in [1.54, 1.807) is 48.9 Å². The van der Waals surface area contributed by atoms with Gasteiger partial charge >= 0.3 is 17.9 Å². The van der Waals surface area contributed by atoms with E-state index >= 15 is 0 Å². The highest BCUT2D eigenvalue weighted by atomic mass is 79.9. The number of aromatic nitrogens is 9. The first-order valence-electron chi connectivity index (χ1n) is 25.8. The van der Waals surface area contributed by atoms with Crippen LogP contribution >= 0.6 is 15.9 Å². The number of carbonyl (C=O) groups is 3. The number of allylic oxidation sites excluding steroid dienone is 1. The molecule has 6 aromatic heterocycles. The lowest BCUT2D eigenvalue weighted by molar-refractivity contribution is 0.0174. The van der Waals surface area contributed by atoms with E-state index < -0.39 is 23.8 Å². The second-order valence-electron chi connectivity index (χ2n) is 18.9. The first-order chi connectivity index (χ1) is 37.9. The fourth-order valence-electron chi connectivity index (χ4n) is 8.48. The quantitative estimate of drug-likeness (QED) is 0.0412. The lowest BCUT2D eigenvalue weighted by Gasteiger charge is -2.12. The fraction of sp³-hybridized carbons (Fsp3) is 0.300. The molecule has 19 heteroatoms. The van der Waals surface area contributed by atoms with Crippen molar-refractivity contribution in [2.75, 3.05) is 0 Å². The number of halogens is 3. The van der Waals surface area contributed by atoms with Gasteiger partial charge < -0.3 is 29.6 Å². The van der Waals surface area contributed by atoms with Gasteiger partial charge in [-0.3, -0.25) is 19.9 Å². The maximum absolute atomic E-state index is 13.4. The number of rotatable bonds is 24. The zero-order chi connectivity index (χ0) is 56.7. The standard InChI is InChI=1S/C22H24F2N4O3.C22H23N3O2.C16H17BrN2O2/c1-22(23,24)17-8-6-15(7-9-17)12-28-14-25-27-20(28)5-3-2-4-18-10-16(21(30)31)11-19(13-29)26-18;1-17-15-19(22(26)27)16-20(24-17)10-5-11-21-23-12-14-25(21)13-6-9-18-7-3-2-4-8-18;1-11-9-12(16(20)21)10-13(19-11)5-2-3-7-15-14(17)6-4-8-18-15/h6-11,14,29H,2-5,12-13H2,1H3,(H,30,31);2-4,6-9,12,14-16H,5,10-11,13H2,1H3,(H,26,27);4,6,8-10H,2-3,5,7H2,1H3,(H,20,21)/b;9-6+;. The normalized spacial score (nSPS) is 11.2. The summed E-state index contributed by atoms with van der Waals surface area (Å²) in [4.78, 5) is 55.3. The van der Waals surface area contributed by atoms with Crippen molar-refractivity contribution in [2.24, 2.45) is 0 Å². The van der Waals surface area contributed by atoms with Gasteiger partial charge in [0.1, 0.15) is 18.0 Å². The van der Waals surface area contributed by atoms with Crippen LogP contribution in [0.15, 0.2) is 139 Å². The molecule has 8 aromatic rings. The van der Waals surface area contributed by atoms with Gasteiger partial charge in [-0.2, -0.15) is 0 Å². The van der Waals surface area contributed by atoms with E-state index in [0.717, 1.165) is 121 Å². The Bertz CT molecular complexity index is 3290. The number of hydrogen-bond donors (Lipinski definition) is 4. The predicted octanol–water partition coefficient (Wildman–Crippen LogP) is 11.6. The van der Waals surface area contributed by atoms with Gasteiger partial charge in [-0.25, -0.2) is 28.1 Å². The van der Waals surface area contributed by atoms with Crippen LogP contribution < -0.4 is 0 Å². The topological polar surface area (TPSA) is 232 Å². The van der Waals surface area contributed by atoms with Crippen molar-refractivity contribution < 1.29 is 43.6 Å². The van der Waals surface area contributed by atoms with E-state index in [4.69, 9.17) is 15.3 Å². The third-order valence-electron chi connectivity index (χ3n) is 12.4. The average Bonchev–Trinajstić information content (AvgIpc) is 4.08. The second-order valence-corrected chi connectivity index (χ2v) is 19.7. The first-order valence-corrected chi connectivity index (χ1v) is 26.6. The number of aliphatic hydroxyl groups is 1. The molecule has 0 aliphatic heterocycles. The highest BCUT2D eigenvalue weighted by Gasteiger charge is 2.23. The summed E-state index contributed by atoms with van der Waals surface area (Å²) in [5, 5.41) is 44.7. The average molecular weight is 1140 g/mol. The minimum atomic E-state index is -2.86. The summed E-state index contributed by atoms with van der Waals surface area (Å²) in [6.07, 6.45) is 20.3. The molecule has 0 saturated heterocycles. The third kappa shape index (κ3) is 20.0. The second kappa shape index (κ2) is 30.1. The number of aryl methyl sites for hydroxylation is 8. The molecule has 0 fully saturated rings. The number of unbranched alkanes of at least 4 members (excludes halogenated alkanes) is 2. The number of hydrogen-bond acceptors (Lipinski definition) is 11. The van der Waals surface area contributed by atoms with E-state index in [-0.39, 0.29) is 17.7 Å². The molecule has 2 aromatic carbocycles. The summed E-state index contributed by atoms with van der Waals surface area (Å²) in [6, 6.07) is 29.7. The van der Waals surface area contributed by atoms with E-state index in [1.165, 1.54) is 29.8 Å². The minimum absolute atomic E-state index is 0.0230. The number of imidazole rings is 1. The van der Waals surface area contributed by atoms with Crippen LogP contribution in [0.4, 0.5) is 8.78 Å².